The Balaban J connectivity index is 2.97. The van der Waals surface area contributed by atoms with Crippen molar-refractivity contribution >= 4 is 53.8 Å². The number of cyclic esters (lactones) is 1. The van der Waals surface area contributed by atoms with Gasteiger partial charge in [0.05, 0.1) is 5.57 Å². The van der Waals surface area contributed by atoms with Crippen molar-refractivity contribution < 1.29 is 9.53 Å². The first-order chi connectivity index (χ1) is 5.52. The van der Waals surface area contributed by atoms with Crippen LogP contribution in [0.1, 0.15) is 6.92 Å². The fraction of sp³-hybridized carbons (Fsp3) is 0.286. The molecule has 1 aliphatic heterocycles. The highest BCUT2D eigenvalue weighted by molar-refractivity contribution is 9.24. The van der Waals surface area contributed by atoms with Gasteiger partial charge in [-0.2, -0.15) is 0 Å². The summed E-state index contributed by atoms with van der Waals surface area (Å²) in [5.74, 6) is 0.251. The minimum atomic E-state index is -0.317. The van der Waals surface area contributed by atoms with Crippen LogP contribution < -0.4 is 0 Å². The van der Waals surface area contributed by atoms with Gasteiger partial charge in [0.1, 0.15) is 9.50 Å². The minimum Gasteiger partial charge on any atom is -0.422 e. The van der Waals surface area contributed by atoms with Gasteiger partial charge < -0.3 is 4.74 Å². The first kappa shape index (κ1) is 10.5. The first-order valence-corrected chi connectivity index (χ1v) is 5.73. The Hall–Kier alpha value is 0.390. The Kier molecular flexibility index (Phi) is 3.55. The van der Waals surface area contributed by atoms with Crippen molar-refractivity contribution in [3.05, 3.63) is 21.9 Å². The molecule has 1 heterocycles. The lowest BCUT2D eigenvalue weighted by Gasteiger charge is -1.97. The van der Waals surface area contributed by atoms with Gasteiger partial charge in [-0.3, -0.25) is 0 Å². The van der Waals surface area contributed by atoms with Gasteiger partial charge in [-0.15, -0.1) is 0 Å². The fourth-order valence-corrected chi connectivity index (χ4v) is 1.54. The molecule has 66 valence electrons. The molecule has 0 spiro atoms. The highest BCUT2D eigenvalue weighted by Crippen LogP contribution is 2.30. The lowest BCUT2D eigenvalue weighted by Crippen LogP contribution is -2.03. The molecule has 12 heavy (non-hydrogen) atoms. The average Bonchev–Trinajstić information content (AvgIpc) is 2.30. The number of ether oxygens (including phenoxy) is 1. The van der Waals surface area contributed by atoms with E-state index in [9.17, 15) is 4.79 Å². The van der Waals surface area contributed by atoms with Gasteiger partial charge in [0.2, 0.25) is 0 Å². The molecule has 0 radical (unpaired) electrons. The lowest BCUT2D eigenvalue weighted by molar-refractivity contribution is -0.133. The van der Waals surface area contributed by atoms with Gasteiger partial charge >= 0.3 is 5.97 Å². The summed E-state index contributed by atoms with van der Waals surface area (Å²) in [5.41, 5.74) is 0.573. The van der Waals surface area contributed by atoms with E-state index in [4.69, 9.17) is 4.74 Å². The Bertz CT molecular complexity index is 274. The van der Waals surface area contributed by atoms with Gasteiger partial charge in [-0.25, -0.2) is 4.79 Å². The molecule has 1 rings (SSSR count). The second-order valence-corrected chi connectivity index (χ2v) is 6.44. The van der Waals surface area contributed by atoms with Crippen molar-refractivity contribution in [2.24, 2.45) is 0 Å². The second kappa shape index (κ2) is 4.07. The SMILES string of the molecule is CC(Br)=C1C=C(C(Br)Br)C(=O)O1. The number of hydrogen-bond acceptors (Lipinski definition) is 2. The quantitative estimate of drug-likeness (QED) is 0.530. The third-order valence-electron chi connectivity index (χ3n) is 1.30. The number of rotatable bonds is 1. The van der Waals surface area contributed by atoms with Crippen molar-refractivity contribution in [1.82, 2.24) is 0 Å². The summed E-state index contributed by atoms with van der Waals surface area (Å²) < 4.78 is 5.60. The van der Waals surface area contributed by atoms with Crippen molar-refractivity contribution in [1.29, 1.82) is 0 Å². The standard InChI is InChI=1S/C7H5Br3O2/c1-3(8)5-2-4(6(9)10)7(11)12-5/h2,6H,1H3. The molecule has 0 aliphatic carbocycles. The van der Waals surface area contributed by atoms with E-state index in [1.54, 1.807) is 6.08 Å². The summed E-state index contributed by atoms with van der Waals surface area (Å²) in [6.07, 6.45) is 1.70. The van der Waals surface area contributed by atoms with Gasteiger partial charge in [-0.05, 0) is 13.0 Å². The predicted octanol–water partition coefficient (Wildman–Crippen LogP) is 3.21. The molecule has 1 aliphatic rings. The zero-order valence-corrected chi connectivity index (χ0v) is 10.9. The third kappa shape index (κ3) is 2.20. The molecule has 0 saturated heterocycles. The van der Waals surface area contributed by atoms with Crippen LogP contribution in [0.2, 0.25) is 0 Å². The maximum atomic E-state index is 11.1. The summed E-state index contributed by atoms with van der Waals surface area (Å²) in [6.45, 7) is 1.82. The topological polar surface area (TPSA) is 26.3 Å². The molecule has 2 nitrogen and oxygen atoms in total. The summed E-state index contributed by atoms with van der Waals surface area (Å²) in [7, 11) is 0. The van der Waals surface area contributed by atoms with Crippen LogP contribution >= 0.6 is 47.8 Å². The van der Waals surface area contributed by atoms with E-state index in [0.717, 1.165) is 4.48 Å². The maximum Gasteiger partial charge on any atom is 0.341 e. The van der Waals surface area contributed by atoms with Crippen LogP contribution in [0.4, 0.5) is 0 Å². The molecule has 0 aromatic rings. The zero-order chi connectivity index (χ0) is 9.30. The summed E-state index contributed by atoms with van der Waals surface area (Å²) in [5, 5.41) is 0. The van der Waals surface area contributed by atoms with E-state index < -0.39 is 0 Å². The van der Waals surface area contributed by atoms with Gasteiger partial charge in [0, 0.05) is 4.48 Å². The molecule has 0 bridgehead atoms. The number of allylic oxidation sites excluding steroid dienone is 2. The van der Waals surface area contributed by atoms with E-state index in [1.165, 1.54) is 0 Å². The Labute approximate surface area is 95.4 Å². The lowest BCUT2D eigenvalue weighted by atomic mass is 10.3. The van der Waals surface area contributed by atoms with E-state index in [1.807, 2.05) is 6.92 Å². The second-order valence-electron chi connectivity index (χ2n) is 2.19. The minimum absolute atomic E-state index is 0.151. The molecule has 0 N–H and O–H groups in total. The van der Waals surface area contributed by atoms with Crippen LogP contribution in [-0.4, -0.2) is 9.71 Å². The molecule has 5 heteroatoms. The van der Waals surface area contributed by atoms with Crippen LogP contribution in [0.15, 0.2) is 21.9 Å². The number of hydrogen-bond donors (Lipinski definition) is 0. The predicted molar refractivity (Wildman–Crippen MR) is 57.4 cm³/mol. The Morgan fingerprint density at radius 3 is 2.42 bits per heavy atom. The third-order valence-corrected chi connectivity index (χ3v) is 2.68. The summed E-state index contributed by atoms with van der Waals surface area (Å²) >= 11 is 9.69. The number of carbonyl (C=O) groups is 1. The van der Waals surface area contributed by atoms with E-state index in [2.05, 4.69) is 47.8 Å². The van der Waals surface area contributed by atoms with Crippen LogP contribution in [0.25, 0.3) is 0 Å². The molecule has 0 unspecified atom stereocenters. The van der Waals surface area contributed by atoms with E-state index in [0.29, 0.717) is 11.3 Å². The normalized spacial score (nSPS) is 21.1. The van der Waals surface area contributed by atoms with Gasteiger partial charge in [0.25, 0.3) is 0 Å². The zero-order valence-electron chi connectivity index (χ0n) is 6.11. The Morgan fingerprint density at radius 1 is 1.58 bits per heavy atom. The molecule has 0 aromatic heterocycles. The van der Waals surface area contributed by atoms with Crippen LogP contribution in [0, 0.1) is 0 Å². The highest BCUT2D eigenvalue weighted by Gasteiger charge is 2.26. The molecular weight excluding hydrogens is 356 g/mol. The van der Waals surface area contributed by atoms with Crippen LogP contribution in [-0.2, 0) is 9.53 Å². The van der Waals surface area contributed by atoms with Crippen molar-refractivity contribution in [2.45, 2.75) is 10.7 Å². The molecule has 0 atom stereocenters. The monoisotopic (exact) mass is 358 g/mol. The summed E-state index contributed by atoms with van der Waals surface area (Å²) in [6, 6.07) is 0. The van der Waals surface area contributed by atoms with Gasteiger partial charge in [0.15, 0.2) is 0 Å². The molecule has 0 saturated carbocycles. The number of carbonyl (C=O) groups excluding carboxylic acids is 1. The summed E-state index contributed by atoms with van der Waals surface area (Å²) in [4.78, 5) is 11.1. The van der Waals surface area contributed by atoms with Crippen LogP contribution in [0.3, 0.4) is 0 Å². The van der Waals surface area contributed by atoms with E-state index >= 15 is 0 Å². The number of esters is 1. The highest BCUT2D eigenvalue weighted by atomic mass is 79.9. The molecule has 0 amide bonds. The first-order valence-electron chi connectivity index (χ1n) is 3.10. The van der Waals surface area contributed by atoms with Gasteiger partial charge in [-0.1, -0.05) is 47.8 Å². The molecule has 0 fully saturated rings. The fourth-order valence-electron chi connectivity index (χ4n) is 0.710. The number of halogens is 3. The maximum absolute atomic E-state index is 11.1. The number of alkyl halides is 2. The van der Waals surface area contributed by atoms with Crippen molar-refractivity contribution in [3.8, 4) is 0 Å². The molecule has 0 aromatic carbocycles. The van der Waals surface area contributed by atoms with E-state index in [-0.39, 0.29) is 9.71 Å². The van der Waals surface area contributed by atoms with Crippen molar-refractivity contribution in [2.75, 3.05) is 0 Å². The van der Waals surface area contributed by atoms with Crippen LogP contribution in [0.5, 0.6) is 0 Å². The Morgan fingerprint density at radius 2 is 2.17 bits per heavy atom. The average molecular weight is 361 g/mol. The largest absolute Gasteiger partial charge is 0.422 e. The smallest absolute Gasteiger partial charge is 0.341 e. The molecular formula is C7H5Br3O2. The van der Waals surface area contributed by atoms with Crippen molar-refractivity contribution in [3.63, 3.8) is 0 Å².